The van der Waals surface area contributed by atoms with E-state index in [1.165, 1.54) is 0 Å². The Bertz CT molecular complexity index is 592. The molecule has 0 spiro atoms. The van der Waals surface area contributed by atoms with Gasteiger partial charge >= 0.3 is 0 Å². The van der Waals surface area contributed by atoms with Gasteiger partial charge in [-0.3, -0.25) is 14.6 Å². The molecule has 2 aliphatic heterocycles. The molecule has 0 saturated carbocycles. The number of hydrogen-bond donors (Lipinski definition) is 2. The molecule has 1 aromatic heterocycles. The van der Waals surface area contributed by atoms with Crippen molar-refractivity contribution in [1.29, 1.82) is 0 Å². The smallest absolute Gasteiger partial charge is 0.237 e. The SMILES string of the molecule is O=C(NCC1CCCN(C(=O)CSCc2cccnc2)C1)C1CCCN1. The molecule has 0 radical (unpaired) electrons. The van der Waals surface area contributed by atoms with Crippen LogP contribution < -0.4 is 10.6 Å². The van der Waals surface area contributed by atoms with Gasteiger partial charge in [-0.2, -0.15) is 0 Å². The molecule has 2 aliphatic rings. The fourth-order valence-electron chi connectivity index (χ4n) is 3.57. The summed E-state index contributed by atoms with van der Waals surface area (Å²) in [6.07, 6.45) is 7.69. The molecule has 2 amide bonds. The van der Waals surface area contributed by atoms with Crippen LogP contribution >= 0.6 is 11.8 Å². The van der Waals surface area contributed by atoms with Gasteiger partial charge in [-0.1, -0.05) is 6.07 Å². The molecular formula is C19H28N4O2S. The molecule has 3 rings (SSSR count). The lowest BCUT2D eigenvalue weighted by atomic mass is 9.98. The van der Waals surface area contributed by atoms with Crippen LogP contribution in [-0.4, -0.2) is 59.7 Å². The minimum absolute atomic E-state index is 0.0276. The molecule has 2 saturated heterocycles. The van der Waals surface area contributed by atoms with Crippen molar-refractivity contribution >= 4 is 23.6 Å². The predicted octanol–water partition coefficient (Wildman–Crippen LogP) is 1.42. The fraction of sp³-hybridized carbons (Fsp3) is 0.632. The van der Waals surface area contributed by atoms with E-state index in [1.807, 2.05) is 23.2 Å². The molecule has 0 aliphatic carbocycles. The predicted molar refractivity (Wildman–Crippen MR) is 104 cm³/mol. The van der Waals surface area contributed by atoms with E-state index in [-0.39, 0.29) is 17.9 Å². The van der Waals surface area contributed by atoms with E-state index in [2.05, 4.69) is 15.6 Å². The van der Waals surface area contributed by atoms with Crippen molar-refractivity contribution in [1.82, 2.24) is 20.5 Å². The van der Waals surface area contributed by atoms with Gasteiger partial charge in [-0.15, -0.1) is 11.8 Å². The Morgan fingerprint density at radius 3 is 3.04 bits per heavy atom. The summed E-state index contributed by atoms with van der Waals surface area (Å²) in [4.78, 5) is 30.7. The van der Waals surface area contributed by atoms with Gasteiger partial charge in [-0.05, 0) is 49.8 Å². The van der Waals surface area contributed by atoms with Crippen LogP contribution in [0, 0.1) is 5.92 Å². The monoisotopic (exact) mass is 376 g/mol. The largest absolute Gasteiger partial charge is 0.354 e. The molecule has 2 atom stereocenters. The second-order valence-electron chi connectivity index (χ2n) is 7.10. The number of carbonyl (C=O) groups excluding carboxylic acids is 2. The normalized spacial score (nSPS) is 23.0. The second kappa shape index (κ2) is 9.92. The molecule has 6 nitrogen and oxygen atoms in total. The molecular weight excluding hydrogens is 348 g/mol. The zero-order valence-electron chi connectivity index (χ0n) is 15.2. The average Bonchev–Trinajstić information content (AvgIpc) is 3.22. The molecule has 142 valence electrons. The highest BCUT2D eigenvalue weighted by Gasteiger charge is 2.26. The van der Waals surface area contributed by atoms with Gasteiger partial charge in [0.2, 0.25) is 11.8 Å². The quantitative estimate of drug-likeness (QED) is 0.753. The van der Waals surface area contributed by atoms with Crippen LogP contribution in [0.5, 0.6) is 0 Å². The number of piperidine rings is 1. The van der Waals surface area contributed by atoms with Crippen molar-refractivity contribution in [3.63, 3.8) is 0 Å². The van der Waals surface area contributed by atoms with E-state index in [4.69, 9.17) is 0 Å². The maximum atomic E-state index is 12.5. The number of nitrogens with one attached hydrogen (secondary N) is 2. The van der Waals surface area contributed by atoms with Gasteiger partial charge in [0.1, 0.15) is 0 Å². The molecule has 1 aromatic rings. The summed E-state index contributed by atoms with van der Waals surface area (Å²) in [6, 6.07) is 3.92. The molecule has 2 fully saturated rings. The molecule has 2 unspecified atom stereocenters. The zero-order valence-corrected chi connectivity index (χ0v) is 16.0. The highest BCUT2D eigenvalue weighted by Crippen LogP contribution is 2.18. The van der Waals surface area contributed by atoms with E-state index in [9.17, 15) is 9.59 Å². The fourth-order valence-corrected chi connectivity index (χ4v) is 4.43. The van der Waals surface area contributed by atoms with Crippen LogP contribution in [0.15, 0.2) is 24.5 Å². The lowest BCUT2D eigenvalue weighted by Crippen LogP contribution is -2.47. The molecule has 26 heavy (non-hydrogen) atoms. The first kappa shape index (κ1) is 19.2. The van der Waals surface area contributed by atoms with E-state index < -0.39 is 0 Å². The average molecular weight is 377 g/mol. The van der Waals surface area contributed by atoms with E-state index in [1.54, 1.807) is 18.0 Å². The van der Waals surface area contributed by atoms with Gasteiger partial charge < -0.3 is 15.5 Å². The first-order valence-corrected chi connectivity index (χ1v) is 10.6. The van der Waals surface area contributed by atoms with E-state index in [0.29, 0.717) is 18.2 Å². The lowest BCUT2D eigenvalue weighted by molar-refractivity contribution is -0.130. The summed E-state index contributed by atoms with van der Waals surface area (Å²) < 4.78 is 0. The Morgan fingerprint density at radius 1 is 1.35 bits per heavy atom. The minimum atomic E-state index is -0.0276. The zero-order chi connectivity index (χ0) is 18.2. The van der Waals surface area contributed by atoms with E-state index in [0.717, 1.165) is 56.6 Å². The minimum Gasteiger partial charge on any atom is -0.354 e. The Labute approximate surface area is 159 Å². The Morgan fingerprint density at radius 2 is 2.27 bits per heavy atom. The van der Waals surface area contributed by atoms with Gasteiger partial charge in [-0.25, -0.2) is 0 Å². The summed E-state index contributed by atoms with van der Waals surface area (Å²) in [5.74, 6) is 1.98. The van der Waals surface area contributed by atoms with Crippen LogP contribution in [0.3, 0.4) is 0 Å². The third-order valence-electron chi connectivity index (χ3n) is 5.03. The van der Waals surface area contributed by atoms with Crippen molar-refractivity contribution in [3.05, 3.63) is 30.1 Å². The number of aromatic nitrogens is 1. The molecule has 7 heteroatoms. The Hall–Kier alpha value is -1.60. The number of rotatable bonds is 7. The highest BCUT2D eigenvalue weighted by atomic mass is 32.2. The van der Waals surface area contributed by atoms with Crippen molar-refractivity contribution in [2.75, 3.05) is 31.9 Å². The molecule has 0 bridgehead atoms. The highest BCUT2D eigenvalue weighted by molar-refractivity contribution is 7.99. The number of hydrogen-bond acceptors (Lipinski definition) is 5. The van der Waals surface area contributed by atoms with E-state index >= 15 is 0 Å². The van der Waals surface area contributed by atoms with Crippen LogP contribution in [0.2, 0.25) is 0 Å². The maximum absolute atomic E-state index is 12.5. The van der Waals surface area contributed by atoms with Crippen LogP contribution in [0.1, 0.15) is 31.2 Å². The number of carbonyl (C=O) groups is 2. The van der Waals surface area contributed by atoms with Crippen LogP contribution in [-0.2, 0) is 15.3 Å². The number of thioether (sulfide) groups is 1. The van der Waals surface area contributed by atoms with Crippen molar-refractivity contribution in [3.8, 4) is 0 Å². The molecule has 2 N–H and O–H groups in total. The summed E-state index contributed by atoms with van der Waals surface area (Å²) in [5, 5.41) is 6.29. The maximum Gasteiger partial charge on any atom is 0.237 e. The molecule has 3 heterocycles. The van der Waals surface area contributed by atoms with Crippen LogP contribution in [0.25, 0.3) is 0 Å². The van der Waals surface area contributed by atoms with Crippen molar-refractivity contribution in [2.24, 2.45) is 5.92 Å². The van der Waals surface area contributed by atoms with Crippen molar-refractivity contribution < 1.29 is 9.59 Å². The number of amides is 2. The van der Waals surface area contributed by atoms with Crippen molar-refractivity contribution in [2.45, 2.75) is 37.5 Å². The van der Waals surface area contributed by atoms with Gasteiger partial charge in [0, 0.05) is 37.8 Å². The standard InChI is InChI=1S/C19H28N4O2S/c24-18(14-26-13-16-4-1-7-20-10-16)23-9-3-5-15(12-23)11-22-19(25)17-6-2-8-21-17/h1,4,7,10,15,17,21H,2-3,5-6,8-9,11-14H2,(H,22,25). The third kappa shape index (κ3) is 5.71. The van der Waals surface area contributed by atoms with Gasteiger partial charge in [0.25, 0.3) is 0 Å². The lowest BCUT2D eigenvalue weighted by Gasteiger charge is -2.33. The van der Waals surface area contributed by atoms with Crippen LogP contribution in [0.4, 0.5) is 0 Å². The topological polar surface area (TPSA) is 74.3 Å². The first-order chi connectivity index (χ1) is 12.7. The first-order valence-electron chi connectivity index (χ1n) is 9.48. The van der Waals surface area contributed by atoms with Gasteiger partial charge in [0.15, 0.2) is 0 Å². The number of pyridine rings is 1. The third-order valence-corrected chi connectivity index (χ3v) is 6.02. The summed E-state index contributed by atoms with van der Waals surface area (Å²) >= 11 is 1.64. The number of likely N-dealkylation sites (tertiary alicyclic amines) is 1. The Kier molecular flexibility index (Phi) is 7.32. The van der Waals surface area contributed by atoms with Gasteiger partial charge in [0.05, 0.1) is 11.8 Å². The second-order valence-corrected chi connectivity index (χ2v) is 8.08. The number of nitrogens with zero attached hydrogens (tertiary/aromatic N) is 2. The summed E-state index contributed by atoms with van der Waals surface area (Å²) in [7, 11) is 0. The summed E-state index contributed by atoms with van der Waals surface area (Å²) in [6.45, 7) is 3.19. The Balaban J connectivity index is 1.36. The summed E-state index contributed by atoms with van der Waals surface area (Å²) in [5.41, 5.74) is 1.14. The molecule has 0 aromatic carbocycles.